The summed E-state index contributed by atoms with van der Waals surface area (Å²) in [5.41, 5.74) is 17.2. The molecule has 90 valence electrons. The van der Waals surface area contributed by atoms with Crippen LogP contribution in [0.15, 0.2) is 12.1 Å². The molecule has 1 aromatic rings. The van der Waals surface area contributed by atoms with Gasteiger partial charge in [-0.15, -0.1) is 0 Å². The molecule has 2 unspecified atom stereocenters. The van der Waals surface area contributed by atoms with E-state index in [-0.39, 0.29) is 6.04 Å². The summed E-state index contributed by atoms with van der Waals surface area (Å²) in [7, 11) is 0. The fourth-order valence-electron chi connectivity index (χ4n) is 2.04. The van der Waals surface area contributed by atoms with Crippen molar-refractivity contribution in [1.29, 1.82) is 0 Å². The SMILES string of the molecule is Cc1ccc(C(N)CC(C)CN)c(C)c1C. The summed E-state index contributed by atoms with van der Waals surface area (Å²) < 4.78 is 0. The van der Waals surface area contributed by atoms with E-state index < -0.39 is 0 Å². The molecule has 0 aliphatic carbocycles. The van der Waals surface area contributed by atoms with E-state index in [9.17, 15) is 0 Å². The molecule has 2 heteroatoms. The third-order valence-corrected chi connectivity index (χ3v) is 3.56. The smallest absolute Gasteiger partial charge is 0.0300 e. The minimum absolute atomic E-state index is 0.109. The van der Waals surface area contributed by atoms with Gasteiger partial charge in [-0.05, 0) is 61.9 Å². The number of hydrogen-bond acceptors (Lipinski definition) is 2. The first-order valence-corrected chi connectivity index (χ1v) is 5.99. The topological polar surface area (TPSA) is 52.0 Å². The molecule has 0 fully saturated rings. The molecule has 0 radical (unpaired) electrons. The van der Waals surface area contributed by atoms with Gasteiger partial charge in [0.05, 0.1) is 0 Å². The van der Waals surface area contributed by atoms with Crippen LogP contribution in [0.5, 0.6) is 0 Å². The number of rotatable bonds is 4. The van der Waals surface area contributed by atoms with Crippen LogP contribution < -0.4 is 11.5 Å². The predicted molar refractivity (Wildman–Crippen MR) is 70.4 cm³/mol. The third-order valence-electron chi connectivity index (χ3n) is 3.56. The Balaban J connectivity index is 2.92. The maximum Gasteiger partial charge on any atom is 0.0300 e. The highest BCUT2D eigenvalue weighted by atomic mass is 14.6. The van der Waals surface area contributed by atoms with E-state index in [4.69, 9.17) is 11.5 Å². The lowest BCUT2D eigenvalue weighted by Gasteiger charge is -2.20. The maximum absolute atomic E-state index is 6.24. The second-order valence-corrected chi connectivity index (χ2v) is 4.90. The number of nitrogens with two attached hydrogens (primary N) is 2. The molecule has 2 atom stereocenters. The van der Waals surface area contributed by atoms with Crippen molar-refractivity contribution in [2.75, 3.05) is 6.54 Å². The highest BCUT2D eigenvalue weighted by Crippen LogP contribution is 2.25. The van der Waals surface area contributed by atoms with E-state index in [1.54, 1.807) is 0 Å². The van der Waals surface area contributed by atoms with Crippen molar-refractivity contribution in [3.05, 3.63) is 34.4 Å². The molecule has 0 spiro atoms. The van der Waals surface area contributed by atoms with Gasteiger partial charge in [0, 0.05) is 6.04 Å². The van der Waals surface area contributed by atoms with Gasteiger partial charge in [-0.2, -0.15) is 0 Å². The first-order chi connectivity index (χ1) is 7.47. The van der Waals surface area contributed by atoms with Gasteiger partial charge in [0.2, 0.25) is 0 Å². The molecule has 0 amide bonds. The predicted octanol–water partition coefficient (Wildman–Crippen LogP) is 2.60. The summed E-state index contributed by atoms with van der Waals surface area (Å²) in [6, 6.07) is 4.42. The van der Waals surface area contributed by atoms with Crippen molar-refractivity contribution in [1.82, 2.24) is 0 Å². The zero-order valence-electron chi connectivity index (χ0n) is 10.9. The molecule has 0 heterocycles. The normalized spacial score (nSPS) is 14.9. The lowest BCUT2D eigenvalue weighted by atomic mass is 9.90. The van der Waals surface area contributed by atoms with E-state index in [0.29, 0.717) is 12.5 Å². The Morgan fingerprint density at radius 3 is 2.31 bits per heavy atom. The Labute approximate surface area is 99.0 Å². The Bertz CT molecular complexity index is 358. The van der Waals surface area contributed by atoms with Gasteiger partial charge in [0.15, 0.2) is 0 Å². The van der Waals surface area contributed by atoms with Crippen LogP contribution in [0.25, 0.3) is 0 Å². The van der Waals surface area contributed by atoms with Crippen molar-refractivity contribution in [2.24, 2.45) is 17.4 Å². The van der Waals surface area contributed by atoms with E-state index in [0.717, 1.165) is 6.42 Å². The maximum atomic E-state index is 6.24. The molecule has 2 nitrogen and oxygen atoms in total. The van der Waals surface area contributed by atoms with Gasteiger partial charge in [-0.25, -0.2) is 0 Å². The minimum Gasteiger partial charge on any atom is -0.330 e. The summed E-state index contributed by atoms with van der Waals surface area (Å²) in [5.74, 6) is 0.482. The van der Waals surface area contributed by atoms with Crippen LogP contribution >= 0.6 is 0 Å². The third kappa shape index (κ3) is 2.83. The zero-order chi connectivity index (χ0) is 12.3. The van der Waals surface area contributed by atoms with Gasteiger partial charge in [-0.1, -0.05) is 19.1 Å². The lowest BCUT2D eigenvalue weighted by Crippen LogP contribution is -2.20. The zero-order valence-corrected chi connectivity index (χ0v) is 10.9. The Morgan fingerprint density at radius 1 is 1.12 bits per heavy atom. The van der Waals surface area contributed by atoms with Gasteiger partial charge < -0.3 is 11.5 Å². The molecule has 4 N–H and O–H groups in total. The summed E-state index contributed by atoms with van der Waals surface area (Å²) in [6.45, 7) is 9.31. The van der Waals surface area contributed by atoms with Crippen LogP contribution in [0, 0.1) is 26.7 Å². The van der Waals surface area contributed by atoms with Crippen LogP contribution in [0.4, 0.5) is 0 Å². The highest BCUT2D eigenvalue weighted by molar-refractivity contribution is 5.40. The molecule has 0 aromatic heterocycles. The van der Waals surface area contributed by atoms with Crippen molar-refractivity contribution < 1.29 is 0 Å². The van der Waals surface area contributed by atoms with Crippen LogP contribution in [0.3, 0.4) is 0 Å². The first kappa shape index (κ1) is 13.2. The van der Waals surface area contributed by atoms with E-state index in [1.165, 1.54) is 22.3 Å². The molecule has 1 rings (SSSR count). The van der Waals surface area contributed by atoms with Crippen molar-refractivity contribution in [2.45, 2.75) is 40.2 Å². The lowest BCUT2D eigenvalue weighted by molar-refractivity contribution is 0.481. The van der Waals surface area contributed by atoms with E-state index in [2.05, 4.69) is 39.8 Å². The standard InChI is InChI=1S/C14H24N2/c1-9(8-15)7-14(16)13-6-5-10(2)11(3)12(13)4/h5-6,9,14H,7-8,15-16H2,1-4H3. The highest BCUT2D eigenvalue weighted by Gasteiger charge is 2.13. The number of benzene rings is 1. The van der Waals surface area contributed by atoms with Crippen LogP contribution in [-0.4, -0.2) is 6.54 Å². The molecule has 1 aromatic carbocycles. The molecule has 0 aliphatic heterocycles. The summed E-state index contributed by atoms with van der Waals surface area (Å²) >= 11 is 0. The first-order valence-electron chi connectivity index (χ1n) is 5.99. The van der Waals surface area contributed by atoms with Crippen LogP contribution in [0.2, 0.25) is 0 Å². The van der Waals surface area contributed by atoms with Gasteiger partial charge >= 0.3 is 0 Å². The Morgan fingerprint density at radius 2 is 1.75 bits per heavy atom. The molecular weight excluding hydrogens is 196 g/mol. The van der Waals surface area contributed by atoms with Crippen LogP contribution in [0.1, 0.15) is 41.6 Å². The Kier molecular flexibility index (Phi) is 4.51. The molecule has 0 bridgehead atoms. The van der Waals surface area contributed by atoms with Gasteiger partial charge in [0.1, 0.15) is 0 Å². The average molecular weight is 220 g/mol. The van der Waals surface area contributed by atoms with Crippen LogP contribution in [-0.2, 0) is 0 Å². The minimum atomic E-state index is 0.109. The number of hydrogen-bond donors (Lipinski definition) is 2. The van der Waals surface area contributed by atoms with Gasteiger partial charge in [0.25, 0.3) is 0 Å². The number of aryl methyl sites for hydroxylation is 1. The summed E-state index contributed by atoms with van der Waals surface area (Å²) in [4.78, 5) is 0. The quantitative estimate of drug-likeness (QED) is 0.819. The second kappa shape index (κ2) is 5.46. The van der Waals surface area contributed by atoms with Crippen molar-refractivity contribution in [3.8, 4) is 0 Å². The second-order valence-electron chi connectivity index (χ2n) is 4.90. The molecule has 16 heavy (non-hydrogen) atoms. The van der Waals surface area contributed by atoms with Gasteiger partial charge in [-0.3, -0.25) is 0 Å². The average Bonchev–Trinajstić information content (AvgIpc) is 2.25. The van der Waals surface area contributed by atoms with Crippen molar-refractivity contribution in [3.63, 3.8) is 0 Å². The van der Waals surface area contributed by atoms with E-state index >= 15 is 0 Å². The monoisotopic (exact) mass is 220 g/mol. The van der Waals surface area contributed by atoms with Crippen molar-refractivity contribution >= 4 is 0 Å². The van der Waals surface area contributed by atoms with E-state index in [1.807, 2.05) is 0 Å². The largest absolute Gasteiger partial charge is 0.330 e. The fraction of sp³-hybridized carbons (Fsp3) is 0.571. The summed E-state index contributed by atoms with van der Waals surface area (Å²) in [6.07, 6.45) is 0.958. The fourth-order valence-corrected chi connectivity index (χ4v) is 2.04. The molecular formula is C14H24N2. The molecule has 0 saturated carbocycles. The molecule has 0 saturated heterocycles. The Hall–Kier alpha value is -0.860. The molecule has 0 aliphatic rings. The summed E-state index contributed by atoms with van der Waals surface area (Å²) in [5, 5.41) is 0.